The van der Waals surface area contributed by atoms with Crippen LogP contribution in [-0.2, 0) is 17.8 Å². The van der Waals surface area contributed by atoms with Gasteiger partial charge >= 0.3 is 0 Å². The minimum atomic E-state index is 0.119. The van der Waals surface area contributed by atoms with Gasteiger partial charge in [0.25, 0.3) is 0 Å². The fourth-order valence-corrected chi connectivity index (χ4v) is 4.08. The van der Waals surface area contributed by atoms with Gasteiger partial charge in [-0.25, -0.2) is 4.98 Å². The zero-order chi connectivity index (χ0) is 23.5. The molecule has 6 heteroatoms. The molecule has 6 nitrogen and oxygen atoms in total. The highest BCUT2D eigenvalue weighted by Crippen LogP contribution is 2.20. The summed E-state index contributed by atoms with van der Waals surface area (Å²) in [4.78, 5) is 17.1. The van der Waals surface area contributed by atoms with Gasteiger partial charge in [-0.05, 0) is 56.4 Å². The lowest BCUT2D eigenvalue weighted by molar-refractivity contribution is -0.125. The zero-order valence-corrected chi connectivity index (χ0v) is 20.2. The van der Waals surface area contributed by atoms with E-state index < -0.39 is 0 Å². The molecule has 0 bridgehead atoms. The van der Waals surface area contributed by atoms with Crippen molar-refractivity contribution in [3.63, 3.8) is 0 Å². The van der Waals surface area contributed by atoms with Crippen molar-refractivity contribution in [1.29, 1.82) is 0 Å². The van der Waals surface area contributed by atoms with Crippen LogP contribution >= 0.6 is 0 Å². The van der Waals surface area contributed by atoms with E-state index in [9.17, 15) is 4.79 Å². The molecule has 3 aromatic rings. The normalized spacial score (nSPS) is 11.2. The molecule has 0 fully saturated rings. The van der Waals surface area contributed by atoms with Crippen molar-refractivity contribution >= 4 is 16.9 Å². The van der Waals surface area contributed by atoms with Crippen molar-refractivity contribution in [2.45, 2.75) is 58.9 Å². The lowest BCUT2D eigenvalue weighted by atomic mass is 10.0. The number of aromatic nitrogens is 2. The Morgan fingerprint density at radius 1 is 1.03 bits per heavy atom. The van der Waals surface area contributed by atoms with Crippen LogP contribution in [0.25, 0.3) is 11.0 Å². The summed E-state index contributed by atoms with van der Waals surface area (Å²) in [5.41, 5.74) is 2.20. The van der Waals surface area contributed by atoms with Crippen LogP contribution in [0.3, 0.4) is 0 Å². The molecule has 178 valence electrons. The molecule has 0 radical (unpaired) electrons. The average Bonchev–Trinajstić information content (AvgIpc) is 3.20. The number of carbonyl (C=O) groups is 1. The van der Waals surface area contributed by atoms with Crippen LogP contribution in [0, 0.1) is 5.92 Å². The highest BCUT2D eigenvalue weighted by atomic mass is 16.5. The second-order valence-electron chi connectivity index (χ2n) is 8.31. The molecular formula is C27H37N3O3. The Kier molecular flexibility index (Phi) is 9.60. The number of amides is 1. The Bertz CT molecular complexity index is 1010. The van der Waals surface area contributed by atoms with Gasteiger partial charge in [0, 0.05) is 31.5 Å². The molecule has 0 aliphatic heterocycles. The Morgan fingerprint density at radius 3 is 2.61 bits per heavy atom. The van der Waals surface area contributed by atoms with Crippen molar-refractivity contribution in [2.24, 2.45) is 5.92 Å². The summed E-state index contributed by atoms with van der Waals surface area (Å²) in [5.74, 6) is 3.01. The number of rotatable bonds is 14. The van der Waals surface area contributed by atoms with Gasteiger partial charge in [-0.3, -0.25) is 4.79 Å². The number of methoxy groups -OCH3 is 1. The second-order valence-corrected chi connectivity index (χ2v) is 8.31. The lowest BCUT2D eigenvalue weighted by Crippen LogP contribution is -2.31. The number of hydrogen-bond acceptors (Lipinski definition) is 4. The molecule has 1 N–H and O–H groups in total. The molecule has 0 aliphatic carbocycles. The number of carbonyl (C=O) groups excluding carboxylic acids is 1. The third-order valence-electron chi connectivity index (χ3n) is 6.05. The molecule has 0 atom stereocenters. The van der Waals surface area contributed by atoms with Gasteiger partial charge in [0.15, 0.2) is 0 Å². The number of unbranched alkanes of at least 4 members (excludes halogenated alkanes) is 1. The van der Waals surface area contributed by atoms with Gasteiger partial charge in [-0.1, -0.05) is 32.0 Å². The Labute approximate surface area is 197 Å². The molecule has 1 heterocycles. The van der Waals surface area contributed by atoms with E-state index in [2.05, 4.69) is 41.9 Å². The van der Waals surface area contributed by atoms with Gasteiger partial charge < -0.3 is 19.4 Å². The van der Waals surface area contributed by atoms with Crippen LogP contribution in [0.2, 0.25) is 0 Å². The SMILES string of the molecule is CCC(CC)C(=O)NCCCc1nc2ccccc2n1CCCCOc1cccc(OC)c1. The summed E-state index contributed by atoms with van der Waals surface area (Å²) in [5, 5.41) is 3.09. The topological polar surface area (TPSA) is 65.4 Å². The van der Waals surface area contributed by atoms with E-state index >= 15 is 0 Å². The maximum absolute atomic E-state index is 12.2. The van der Waals surface area contributed by atoms with Gasteiger partial charge in [-0.15, -0.1) is 0 Å². The number of imidazole rings is 1. The molecule has 33 heavy (non-hydrogen) atoms. The number of nitrogens with one attached hydrogen (secondary N) is 1. The summed E-state index contributed by atoms with van der Waals surface area (Å²) in [6.07, 6.45) is 5.46. The van der Waals surface area contributed by atoms with Crippen LogP contribution in [0.4, 0.5) is 0 Å². The maximum atomic E-state index is 12.2. The predicted molar refractivity (Wildman–Crippen MR) is 133 cm³/mol. The van der Waals surface area contributed by atoms with Crippen molar-refractivity contribution in [3.8, 4) is 11.5 Å². The molecule has 1 aromatic heterocycles. The average molecular weight is 452 g/mol. The van der Waals surface area contributed by atoms with Crippen LogP contribution in [-0.4, -0.2) is 35.7 Å². The molecule has 0 unspecified atom stereocenters. The standard InChI is InChI=1S/C27H37N3O3/c1-4-21(5-2)27(31)28-17-11-16-26-29-24-14-6-7-15-25(24)30(26)18-8-9-19-33-23-13-10-12-22(20-23)32-3/h6-7,10,12-15,20-21H,4-5,8-9,11,16-19H2,1-3H3,(H,28,31). The van der Waals surface area contributed by atoms with Gasteiger partial charge in [0.2, 0.25) is 5.91 Å². The Morgan fingerprint density at radius 2 is 1.82 bits per heavy atom. The van der Waals surface area contributed by atoms with E-state index in [1.54, 1.807) is 7.11 Å². The molecule has 2 aromatic carbocycles. The first kappa shape index (κ1) is 24.6. The van der Waals surface area contributed by atoms with Crippen LogP contribution in [0.5, 0.6) is 11.5 Å². The number of benzene rings is 2. The Balaban J connectivity index is 1.51. The second kappa shape index (κ2) is 12.9. The largest absolute Gasteiger partial charge is 0.497 e. The van der Waals surface area contributed by atoms with Gasteiger partial charge in [0.1, 0.15) is 17.3 Å². The number of ether oxygens (including phenoxy) is 2. The van der Waals surface area contributed by atoms with Crippen molar-refractivity contribution < 1.29 is 14.3 Å². The molecule has 0 saturated heterocycles. The highest BCUT2D eigenvalue weighted by molar-refractivity contribution is 5.78. The Hall–Kier alpha value is -3.02. The first-order valence-corrected chi connectivity index (χ1v) is 12.1. The molecule has 1 amide bonds. The minimum absolute atomic E-state index is 0.119. The number of fused-ring (bicyclic) bond motifs is 1. The number of para-hydroxylation sites is 2. The highest BCUT2D eigenvalue weighted by Gasteiger charge is 2.14. The predicted octanol–water partition coefficient (Wildman–Crippen LogP) is 5.39. The lowest BCUT2D eigenvalue weighted by Gasteiger charge is -2.13. The van der Waals surface area contributed by atoms with Crippen LogP contribution in [0.15, 0.2) is 48.5 Å². The fourth-order valence-electron chi connectivity index (χ4n) is 4.08. The molecule has 0 spiro atoms. The molecular weight excluding hydrogens is 414 g/mol. The fraction of sp³-hybridized carbons (Fsp3) is 0.481. The molecule has 0 saturated carbocycles. The summed E-state index contributed by atoms with van der Waals surface area (Å²) in [7, 11) is 1.66. The summed E-state index contributed by atoms with van der Waals surface area (Å²) in [6.45, 7) is 6.39. The number of hydrogen-bond donors (Lipinski definition) is 1. The molecule has 0 aliphatic rings. The third-order valence-corrected chi connectivity index (χ3v) is 6.05. The first-order chi connectivity index (χ1) is 16.2. The molecule has 3 rings (SSSR count). The number of nitrogens with zero attached hydrogens (tertiary/aromatic N) is 2. The summed E-state index contributed by atoms with van der Waals surface area (Å²) < 4.78 is 13.5. The van der Waals surface area contributed by atoms with Crippen LogP contribution in [0.1, 0.15) is 51.8 Å². The van der Waals surface area contributed by atoms with Crippen molar-refractivity contribution in [3.05, 3.63) is 54.4 Å². The monoisotopic (exact) mass is 451 g/mol. The van der Waals surface area contributed by atoms with Gasteiger partial charge in [0.05, 0.1) is 24.8 Å². The van der Waals surface area contributed by atoms with E-state index in [1.807, 2.05) is 30.3 Å². The maximum Gasteiger partial charge on any atom is 0.223 e. The smallest absolute Gasteiger partial charge is 0.223 e. The third kappa shape index (κ3) is 6.98. The van der Waals surface area contributed by atoms with Crippen molar-refractivity contribution in [1.82, 2.24) is 14.9 Å². The van der Waals surface area contributed by atoms with E-state index in [4.69, 9.17) is 14.5 Å². The van der Waals surface area contributed by atoms with E-state index in [0.717, 1.165) is 67.9 Å². The van der Waals surface area contributed by atoms with Crippen LogP contribution < -0.4 is 14.8 Å². The first-order valence-electron chi connectivity index (χ1n) is 12.1. The van der Waals surface area contributed by atoms with E-state index in [-0.39, 0.29) is 11.8 Å². The quantitative estimate of drug-likeness (QED) is 0.334. The van der Waals surface area contributed by atoms with Gasteiger partial charge in [-0.2, -0.15) is 0 Å². The zero-order valence-electron chi connectivity index (χ0n) is 20.2. The van der Waals surface area contributed by atoms with E-state index in [1.165, 1.54) is 5.52 Å². The minimum Gasteiger partial charge on any atom is -0.497 e. The summed E-state index contributed by atoms with van der Waals surface area (Å²) in [6, 6.07) is 16.0. The van der Waals surface area contributed by atoms with Crippen molar-refractivity contribution in [2.75, 3.05) is 20.3 Å². The van der Waals surface area contributed by atoms with E-state index in [0.29, 0.717) is 13.2 Å². The number of aryl methyl sites for hydroxylation is 2. The summed E-state index contributed by atoms with van der Waals surface area (Å²) >= 11 is 0.